The van der Waals surface area contributed by atoms with Crippen LogP contribution in [0, 0.1) is 0 Å². The zero-order valence-electron chi connectivity index (χ0n) is 68.9. The van der Waals surface area contributed by atoms with Gasteiger partial charge in [0.15, 0.2) is 12.6 Å². The molecule has 646 valence electrons. The largest absolute Gasteiger partial charge is 0.477 e. The number of ether oxygens (including phenoxy) is 6. The molecule has 18 atom stereocenters. The Bertz CT molecular complexity index is 2270. The summed E-state index contributed by atoms with van der Waals surface area (Å²) in [5.74, 6) is -6.09. The Hall–Kier alpha value is -2.79. The molecule has 0 spiro atoms. The summed E-state index contributed by atoms with van der Waals surface area (Å²) < 4.78 is 35.0. The van der Waals surface area contributed by atoms with Crippen LogP contribution < -0.4 is 10.6 Å². The van der Waals surface area contributed by atoms with Crippen molar-refractivity contribution in [2.45, 2.75) is 484 Å². The summed E-state index contributed by atoms with van der Waals surface area (Å²) >= 11 is 0. The molecule has 110 heavy (non-hydrogen) atoms. The smallest absolute Gasteiger partial charge is 0.364 e. The molecule has 3 aliphatic heterocycles. The number of carboxylic acids is 1. The number of carbonyl (C=O) groups is 3. The maximum Gasteiger partial charge on any atom is 0.364 e. The van der Waals surface area contributed by atoms with E-state index in [2.05, 4.69) is 48.8 Å². The number of hydrogen-bond donors (Lipinski definition) is 14. The van der Waals surface area contributed by atoms with Crippen LogP contribution in [-0.2, 0) is 42.8 Å². The fourth-order valence-electron chi connectivity index (χ4n) is 15.6. The van der Waals surface area contributed by atoms with Gasteiger partial charge in [0.1, 0.15) is 67.1 Å². The number of allylic oxidation sites excluding steroid dienone is 4. The normalized spacial score (nSPS) is 25.7. The van der Waals surface area contributed by atoms with Gasteiger partial charge in [-0.05, 0) is 44.9 Å². The number of carbonyl (C=O) groups excluding carboxylic acids is 2. The van der Waals surface area contributed by atoms with E-state index in [0.29, 0.717) is 19.3 Å². The van der Waals surface area contributed by atoms with E-state index in [-0.39, 0.29) is 18.9 Å². The van der Waals surface area contributed by atoms with Crippen molar-refractivity contribution in [3.63, 3.8) is 0 Å². The summed E-state index contributed by atoms with van der Waals surface area (Å²) in [7, 11) is 0. The molecule has 0 aromatic rings. The molecule has 2 amide bonds. The summed E-state index contributed by atoms with van der Waals surface area (Å²) in [5, 5.41) is 137. The van der Waals surface area contributed by atoms with E-state index in [1.165, 1.54) is 263 Å². The minimum absolute atomic E-state index is 0.226. The molecule has 0 aliphatic carbocycles. The van der Waals surface area contributed by atoms with Crippen LogP contribution in [0.2, 0.25) is 0 Å². The molecule has 23 heteroatoms. The Labute approximate surface area is 664 Å². The van der Waals surface area contributed by atoms with Crippen LogP contribution >= 0.6 is 0 Å². The van der Waals surface area contributed by atoms with Crippen LogP contribution in [0.25, 0.3) is 0 Å². The lowest BCUT2D eigenvalue weighted by Crippen LogP contribution is -2.70. The maximum atomic E-state index is 13.6. The van der Waals surface area contributed by atoms with Crippen molar-refractivity contribution in [3.05, 3.63) is 24.3 Å². The average Bonchev–Trinajstić information content (AvgIpc) is 0.753. The fourth-order valence-corrected chi connectivity index (χ4v) is 15.6. The third kappa shape index (κ3) is 44.0. The Morgan fingerprint density at radius 1 is 0.473 bits per heavy atom. The predicted molar refractivity (Wildman–Crippen MR) is 431 cm³/mol. The van der Waals surface area contributed by atoms with Gasteiger partial charge in [-0.3, -0.25) is 9.59 Å². The second-order valence-corrected chi connectivity index (χ2v) is 32.5. The highest BCUT2D eigenvalue weighted by Gasteiger charge is 2.60. The minimum Gasteiger partial charge on any atom is -0.477 e. The molecule has 0 saturated carbocycles. The van der Waals surface area contributed by atoms with Crippen LogP contribution in [0.15, 0.2) is 24.3 Å². The van der Waals surface area contributed by atoms with Gasteiger partial charge in [-0.1, -0.05) is 334 Å². The molecule has 3 rings (SSSR count). The van der Waals surface area contributed by atoms with E-state index in [4.69, 9.17) is 28.4 Å². The predicted octanol–water partition coefficient (Wildman–Crippen LogP) is 13.9. The quantitative estimate of drug-likeness (QED) is 0.0199. The zero-order valence-corrected chi connectivity index (χ0v) is 68.9. The topological polar surface area (TPSA) is 373 Å². The van der Waals surface area contributed by atoms with E-state index < -0.39 is 148 Å². The molecule has 0 bridgehead atoms. The van der Waals surface area contributed by atoms with Gasteiger partial charge in [0.05, 0.1) is 50.7 Å². The van der Waals surface area contributed by atoms with Gasteiger partial charge < -0.3 is 100 Å². The number of aliphatic hydroxyl groups is 11. The highest BCUT2D eigenvalue weighted by molar-refractivity contribution is 5.77. The SMILES string of the molecule is CCCCCCCCCCCCCCC/C=C\C/C=C\CCCCCCCCCCCCCCCCCCCC(=O)NC(COC1OC(CO)C(OC2OC(CO)C(O)C(OC3(C(=O)O)CC(O)C(NC(C)=O)C(C(O)C(O)CO)O3)C2O)C(O)C1O)C(O)CCCCCCCCCCCCCCCCCCCCC. The standard InChI is InChI=1S/C87H162N2O21/c1-4-6-8-10-12-14-16-18-20-22-24-25-26-27-28-29-30-31-32-33-34-35-36-37-38-39-40-41-43-45-47-49-51-53-55-57-59-61-74(97)89-68(69(94)60-58-56-54-52-50-48-46-44-42-23-21-19-17-15-13-11-9-7-5-2)66-105-84-79(101)78(100)81(73(65-92)107-84)108-85-80(102)83(77(99)72(64-91)106-85)110-87(86(103)104)62-70(95)75(88-67(3)93)82(109-87)76(98)71(96)63-90/h28-29,31-32,68-73,75-85,90-92,94-96,98-102H,4-27,30,33-66H2,1-3H3,(H,88,93)(H,89,97)(H,103,104)/b29-28-,32-31-. The van der Waals surface area contributed by atoms with Crippen molar-refractivity contribution in [1.82, 2.24) is 10.6 Å². The van der Waals surface area contributed by atoms with Gasteiger partial charge in [0, 0.05) is 19.8 Å². The molecule has 3 saturated heterocycles. The van der Waals surface area contributed by atoms with Crippen molar-refractivity contribution in [1.29, 1.82) is 0 Å². The van der Waals surface area contributed by atoms with E-state index in [1.807, 2.05) is 0 Å². The molecule has 0 aromatic heterocycles. The van der Waals surface area contributed by atoms with E-state index in [0.717, 1.165) is 64.7 Å². The second kappa shape index (κ2) is 65.3. The van der Waals surface area contributed by atoms with Crippen LogP contribution in [-0.4, -0.2) is 215 Å². The highest BCUT2D eigenvalue weighted by Crippen LogP contribution is 2.39. The third-order valence-corrected chi connectivity index (χ3v) is 22.7. The van der Waals surface area contributed by atoms with Gasteiger partial charge in [0.2, 0.25) is 11.8 Å². The number of unbranched alkanes of at least 4 members (excludes halogenated alkanes) is 48. The number of nitrogens with one attached hydrogen (secondary N) is 2. The zero-order chi connectivity index (χ0) is 80.3. The molecular weight excluding hydrogens is 1410 g/mol. The molecular formula is C87H162N2O21. The lowest BCUT2D eigenvalue weighted by molar-refractivity contribution is -0.386. The van der Waals surface area contributed by atoms with Gasteiger partial charge in [-0.2, -0.15) is 0 Å². The van der Waals surface area contributed by atoms with Gasteiger partial charge in [0.25, 0.3) is 5.79 Å². The van der Waals surface area contributed by atoms with Crippen LogP contribution in [0.3, 0.4) is 0 Å². The summed E-state index contributed by atoms with van der Waals surface area (Å²) in [6, 6.07) is -2.53. The van der Waals surface area contributed by atoms with Crippen LogP contribution in [0.4, 0.5) is 0 Å². The van der Waals surface area contributed by atoms with Gasteiger partial charge in [-0.25, -0.2) is 4.79 Å². The lowest BCUT2D eigenvalue weighted by Gasteiger charge is -2.50. The van der Waals surface area contributed by atoms with E-state index in [9.17, 15) is 75.7 Å². The first kappa shape index (κ1) is 101. The second-order valence-electron chi connectivity index (χ2n) is 32.5. The first-order valence-electron chi connectivity index (χ1n) is 44.7. The molecule has 18 unspecified atom stereocenters. The van der Waals surface area contributed by atoms with Crippen molar-refractivity contribution in [2.75, 3.05) is 26.4 Å². The van der Waals surface area contributed by atoms with Crippen molar-refractivity contribution < 1.29 is 104 Å². The minimum atomic E-state index is -3.08. The number of hydrogen-bond acceptors (Lipinski definition) is 20. The summed E-state index contributed by atoms with van der Waals surface area (Å²) in [4.78, 5) is 38.8. The molecule has 14 N–H and O–H groups in total. The maximum absolute atomic E-state index is 13.6. The van der Waals surface area contributed by atoms with Crippen LogP contribution in [0.5, 0.6) is 0 Å². The monoisotopic (exact) mass is 1570 g/mol. The third-order valence-electron chi connectivity index (χ3n) is 22.7. The number of amides is 2. The Balaban J connectivity index is 1.42. The molecule has 3 aliphatic rings. The summed E-state index contributed by atoms with van der Waals surface area (Å²) in [6.45, 7) is 2.27. The molecule has 0 radical (unpaired) electrons. The molecule has 0 aromatic carbocycles. The van der Waals surface area contributed by atoms with Gasteiger partial charge in [-0.15, -0.1) is 0 Å². The first-order valence-corrected chi connectivity index (χ1v) is 44.7. The fraction of sp³-hybridized carbons (Fsp3) is 0.920. The highest BCUT2D eigenvalue weighted by atomic mass is 16.8. The van der Waals surface area contributed by atoms with Gasteiger partial charge >= 0.3 is 5.97 Å². The first-order chi connectivity index (χ1) is 53.4. The Morgan fingerprint density at radius 3 is 1.27 bits per heavy atom. The number of aliphatic hydroxyl groups excluding tert-OH is 11. The number of carboxylic acid groups (broad SMARTS) is 1. The van der Waals surface area contributed by atoms with Crippen molar-refractivity contribution in [2.24, 2.45) is 0 Å². The lowest BCUT2D eigenvalue weighted by atomic mass is 9.88. The Kier molecular flexibility index (Phi) is 60.2. The number of rotatable bonds is 72. The van der Waals surface area contributed by atoms with E-state index in [1.54, 1.807) is 0 Å². The summed E-state index contributed by atoms with van der Waals surface area (Å²) in [6.07, 6.45) is 46.2. The number of aliphatic carboxylic acids is 1. The molecule has 3 fully saturated rings. The van der Waals surface area contributed by atoms with Crippen LogP contribution in [0.1, 0.15) is 374 Å². The Morgan fingerprint density at radius 2 is 0.873 bits per heavy atom. The van der Waals surface area contributed by atoms with Crippen molar-refractivity contribution in [3.8, 4) is 0 Å². The molecule has 3 heterocycles. The van der Waals surface area contributed by atoms with Crippen molar-refractivity contribution >= 4 is 17.8 Å². The summed E-state index contributed by atoms with van der Waals surface area (Å²) in [5.41, 5.74) is 0. The van der Waals surface area contributed by atoms with E-state index >= 15 is 0 Å². The molecule has 23 nitrogen and oxygen atoms in total. The average molecular weight is 1570 g/mol.